The Morgan fingerprint density at radius 1 is 1.18 bits per heavy atom. The first-order valence-corrected chi connectivity index (χ1v) is 11.4. The van der Waals surface area contributed by atoms with E-state index in [0.29, 0.717) is 6.54 Å². The van der Waals surface area contributed by atoms with Gasteiger partial charge in [0.05, 0.1) is 10.7 Å². The van der Waals surface area contributed by atoms with E-state index in [-0.39, 0.29) is 34.4 Å². The van der Waals surface area contributed by atoms with E-state index in [0.717, 1.165) is 48.7 Å². The van der Waals surface area contributed by atoms with E-state index in [2.05, 4.69) is 4.90 Å². The average Bonchev–Trinajstić information content (AvgIpc) is 3.11. The molecule has 0 radical (unpaired) electrons. The Balaban J connectivity index is 1.26. The van der Waals surface area contributed by atoms with Gasteiger partial charge in [-0.3, -0.25) is 0 Å². The molecule has 178 valence electrons. The Bertz CT molecular complexity index is 1030. The number of hydrogen-bond acceptors (Lipinski definition) is 7. The number of fused-ring (bicyclic) bond motifs is 1. The van der Waals surface area contributed by atoms with Crippen molar-refractivity contribution in [1.29, 1.82) is 0 Å². The molecule has 4 rings (SSSR count). The third-order valence-electron chi connectivity index (χ3n) is 5.94. The first kappa shape index (κ1) is 23.8. The van der Waals surface area contributed by atoms with Crippen LogP contribution < -0.4 is 19.9 Å². The fourth-order valence-corrected chi connectivity index (χ4v) is 4.71. The third kappa shape index (κ3) is 5.76. The molecular formula is C23H26Cl2N2O6. The van der Waals surface area contributed by atoms with Crippen molar-refractivity contribution in [3.63, 3.8) is 0 Å². The van der Waals surface area contributed by atoms with Gasteiger partial charge in [-0.25, -0.2) is 4.79 Å². The zero-order valence-electron chi connectivity index (χ0n) is 17.9. The number of hydrogen-bond donors (Lipinski definition) is 3. The summed E-state index contributed by atoms with van der Waals surface area (Å²) in [5, 5.41) is 20.2. The van der Waals surface area contributed by atoms with E-state index in [1.807, 2.05) is 18.2 Å². The van der Waals surface area contributed by atoms with Crippen LogP contribution in [-0.2, 0) is 11.2 Å². The maximum Gasteiger partial charge on any atom is 0.341 e. The molecule has 1 atom stereocenters. The number of ether oxygens (including phenoxy) is 3. The lowest BCUT2D eigenvalue weighted by molar-refractivity contribution is -0.139. The van der Waals surface area contributed by atoms with Gasteiger partial charge >= 0.3 is 5.97 Å². The zero-order chi connectivity index (χ0) is 23.6. The largest absolute Gasteiger partial charge is 0.489 e. The van der Waals surface area contributed by atoms with Crippen LogP contribution in [0.1, 0.15) is 18.4 Å². The van der Waals surface area contributed by atoms with Gasteiger partial charge in [-0.05, 0) is 29.8 Å². The van der Waals surface area contributed by atoms with Gasteiger partial charge in [0.2, 0.25) is 0 Å². The monoisotopic (exact) mass is 496 g/mol. The number of β-amino-alcohol motifs (C(OH)–C–C–N with tert-alkyl or cyclic N) is 1. The molecule has 0 aromatic heterocycles. The molecule has 1 spiro atoms. The molecule has 10 heteroatoms. The van der Waals surface area contributed by atoms with Crippen LogP contribution in [0.5, 0.6) is 17.2 Å². The Morgan fingerprint density at radius 2 is 1.94 bits per heavy atom. The first-order chi connectivity index (χ1) is 15.7. The molecule has 8 nitrogen and oxygen atoms in total. The number of likely N-dealkylation sites (tertiary alicyclic amines) is 1. The first-order valence-electron chi connectivity index (χ1n) is 10.7. The van der Waals surface area contributed by atoms with Crippen LogP contribution in [-0.4, -0.2) is 65.6 Å². The van der Waals surface area contributed by atoms with Crippen molar-refractivity contribution >= 4 is 34.9 Å². The van der Waals surface area contributed by atoms with E-state index in [1.54, 1.807) is 0 Å². The van der Waals surface area contributed by atoms with Gasteiger partial charge in [0, 0.05) is 50.0 Å². The highest BCUT2D eigenvalue weighted by Crippen LogP contribution is 2.42. The van der Waals surface area contributed by atoms with Crippen molar-refractivity contribution in [3.05, 3.63) is 45.9 Å². The number of carbonyl (C=O) groups is 1. The van der Waals surface area contributed by atoms with Crippen molar-refractivity contribution < 1.29 is 29.2 Å². The van der Waals surface area contributed by atoms with E-state index < -0.39 is 18.7 Å². The van der Waals surface area contributed by atoms with Crippen LogP contribution in [0.2, 0.25) is 10.0 Å². The van der Waals surface area contributed by atoms with E-state index in [1.165, 1.54) is 12.1 Å². The average molecular weight is 497 g/mol. The van der Waals surface area contributed by atoms with Crippen LogP contribution in [0, 0.1) is 0 Å². The van der Waals surface area contributed by atoms with Gasteiger partial charge in [-0.1, -0.05) is 23.2 Å². The minimum atomic E-state index is -1.13. The third-order valence-corrected chi connectivity index (χ3v) is 6.48. The number of nitrogens with two attached hydrogens (primary N) is 1. The van der Waals surface area contributed by atoms with Gasteiger partial charge < -0.3 is 35.1 Å². The highest BCUT2D eigenvalue weighted by molar-refractivity contribution is 6.32. The van der Waals surface area contributed by atoms with Crippen LogP contribution in [0.15, 0.2) is 30.3 Å². The molecule has 0 aliphatic carbocycles. The number of aliphatic hydroxyl groups excluding tert-OH is 1. The topological polar surface area (TPSA) is 114 Å². The van der Waals surface area contributed by atoms with E-state index >= 15 is 0 Å². The highest BCUT2D eigenvalue weighted by Gasteiger charge is 2.42. The predicted molar refractivity (Wildman–Crippen MR) is 125 cm³/mol. The number of nitrogens with zero attached hydrogens (tertiary/aromatic N) is 1. The van der Waals surface area contributed by atoms with Crippen LogP contribution >= 0.6 is 23.2 Å². The Hall–Kier alpha value is -2.39. The molecule has 2 aliphatic heterocycles. The predicted octanol–water partition coefficient (Wildman–Crippen LogP) is 3.25. The lowest BCUT2D eigenvalue weighted by Gasteiger charge is -2.39. The molecule has 2 aliphatic rings. The smallest absolute Gasteiger partial charge is 0.341 e. The number of carboxylic acids is 1. The molecular weight excluding hydrogens is 471 g/mol. The summed E-state index contributed by atoms with van der Waals surface area (Å²) in [6, 6.07) is 8.61. The zero-order valence-corrected chi connectivity index (χ0v) is 19.4. The van der Waals surface area contributed by atoms with Crippen molar-refractivity contribution in [3.8, 4) is 17.2 Å². The number of nitrogen functional groups attached to an aromatic ring is 1. The molecule has 4 N–H and O–H groups in total. The van der Waals surface area contributed by atoms with Gasteiger partial charge in [0.25, 0.3) is 0 Å². The lowest BCUT2D eigenvalue weighted by atomic mass is 9.87. The number of anilines is 1. The summed E-state index contributed by atoms with van der Waals surface area (Å²) in [6.07, 6.45) is 1.84. The Kier molecular flexibility index (Phi) is 7.09. The minimum Gasteiger partial charge on any atom is -0.489 e. The van der Waals surface area contributed by atoms with E-state index in [4.69, 9.17) is 48.3 Å². The Morgan fingerprint density at radius 3 is 2.67 bits per heavy atom. The molecule has 1 fully saturated rings. The second-order valence-corrected chi connectivity index (χ2v) is 9.33. The summed E-state index contributed by atoms with van der Waals surface area (Å²) in [5.41, 5.74) is 7.15. The number of aliphatic hydroxyl groups is 1. The fourth-order valence-electron chi connectivity index (χ4n) is 4.29. The maximum absolute atomic E-state index is 10.7. The van der Waals surface area contributed by atoms with Crippen molar-refractivity contribution in [2.75, 3.05) is 38.6 Å². The van der Waals surface area contributed by atoms with Crippen molar-refractivity contribution in [1.82, 2.24) is 4.90 Å². The normalized spacial score (nSPS) is 17.9. The summed E-state index contributed by atoms with van der Waals surface area (Å²) in [4.78, 5) is 12.9. The summed E-state index contributed by atoms with van der Waals surface area (Å²) < 4.78 is 17.1. The number of piperidine rings is 1. The number of rotatable bonds is 8. The van der Waals surface area contributed by atoms with Crippen LogP contribution in [0.25, 0.3) is 0 Å². The number of benzene rings is 2. The number of carboxylic acid groups (broad SMARTS) is 1. The molecule has 0 bridgehead atoms. The Labute approximate surface area is 201 Å². The van der Waals surface area contributed by atoms with Crippen molar-refractivity contribution in [2.45, 2.75) is 31.0 Å². The highest BCUT2D eigenvalue weighted by atomic mass is 35.5. The molecule has 33 heavy (non-hydrogen) atoms. The molecule has 2 aromatic carbocycles. The standard InChI is InChI=1S/C23H26Cl2N2O6/c24-15-1-2-19-14(7-15)10-23(33-19)3-5-27(6-4-23)11-16(28)12-31-21-9-20(32-13-22(29)30)17(25)8-18(21)26/h1-2,7-9,16,28H,3-6,10-13,26H2,(H,29,30)/t16-/m1/s1. The summed E-state index contributed by atoms with van der Waals surface area (Å²) in [5.74, 6) is 0.207. The lowest BCUT2D eigenvalue weighted by Crippen LogP contribution is -2.49. The summed E-state index contributed by atoms with van der Waals surface area (Å²) >= 11 is 12.1. The van der Waals surface area contributed by atoms with Gasteiger partial charge in [-0.15, -0.1) is 0 Å². The molecule has 2 heterocycles. The minimum absolute atomic E-state index is 0.0201. The SMILES string of the molecule is Nc1cc(Cl)c(OCC(=O)O)cc1OC[C@H](O)CN1CCC2(CC1)Cc1cc(Cl)ccc1O2. The second kappa shape index (κ2) is 9.85. The number of halogens is 2. The van der Waals surface area contributed by atoms with Crippen molar-refractivity contribution in [2.24, 2.45) is 0 Å². The quantitative estimate of drug-likeness (QED) is 0.477. The maximum atomic E-state index is 10.7. The molecule has 0 amide bonds. The van der Waals surface area contributed by atoms with Gasteiger partial charge in [0.15, 0.2) is 6.61 Å². The molecule has 2 aromatic rings. The van der Waals surface area contributed by atoms with Gasteiger partial charge in [0.1, 0.15) is 35.6 Å². The van der Waals surface area contributed by atoms with Crippen LogP contribution in [0.3, 0.4) is 0 Å². The second-order valence-electron chi connectivity index (χ2n) is 8.48. The van der Waals surface area contributed by atoms with E-state index in [9.17, 15) is 9.90 Å². The molecule has 0 unspecified atom stereocenters. The number of aliphatic carboxylic acids is 1. The summed E-state index contributed by atoms with van der Waals surface area (Å²) in [6.45, 7) is 1.53. The molecule has 0 saturated carbocycles. The summed E-state index contributed by atoms with van der Waals surface area (Å²) in [7, 11) is 0. The molecule has 1 saturated heterocycles. The van der Waals surface area contributed by atoms with Gasteiger partial charge in [-0.2, -0.15) is 0 Å². The fraction of sp³-hybridized carbons (Fsp3) is 0.435. The van der Waals surface area contributed by atoms with Crippen LogP contribution in [0.4, 0.5) is 5.69 Å².